The predicted molar refractivity (Wildman–Crippen MR) is 73.0 cm³/mol. The van der Waals surface area contributed by atoms with Gasteiger partial charge < -0.3 is 15.0 Å². The molecule has 6 heteroatoms. The maximum Gasteiger partial charge on any atom is 0.322 e. The topological polar surface area (TPSA) is 58.6 Å². The summed E-state index contributed by atoms with van der Waals surface area (Å²) in [6.07, 6.45) is 1.75. The van der Waals surface area contributed by atoms with Gasteiger partial charge in [-0.05, 0) is 19.4 Å². The van der Waals surface area contributed by atoms with Gasteiger partial charge in [0.15, 0.2) is 0 Å². The van der Waals surface area contributed by atoms with Crippen LogP contribution in [0, 0.1) is 0 Å². The number of carbonyl (C=O) groups excluding carboxylic acids is 1. The first-order valence-electron chi connectivity index (χ1n) is 6.56. The van der Waals surface area contributed by atoms with Crippen LogP contribution in [0.1, 0.15) is 19.8 Å². The van der Waals surface area contributed by atoms with Crippen molar-refractivity contribution < 1.29 is 13.7 Å². The molecule has 0 saturated carbocycles. The molecule has 1 saturated heterocycles. The van der Waals surface area contributed by atoms with Gasteiger partial charge in [0.1, 0.15) is 6.04 Å². The van der Waals surface area contributed by atoms with Gasteiger partial charge in [0, 0.05) is 41.9 Å². The van der Waals surface area contributed by atoms with Gasteiger partial charge in [-0.1, -0.05) is 6.92 Å². The fourth-order valence-corrected chi connectivity index (χ4v) is 3.10. The van der Waals surface area contributed by atoms with Gasteiger partial charge in [0.25, 0.3) is 0 Å². The Morgan fingerprint density at radius 1 is 1.44 bits per heavy atom. The van der Waals surface area contributed by atoms with Gasteiger partial charge >= 0.3 is 5.97 Å². The van der Waals surface area contributed by atoms with Gasteiger partial charge in [-0.25, -0.2) is 0 Å². The largest absolute Gasteiger partial charge is 0.468 e. The van der Waals surface area contributed by atoms with E-state index in [0.717, 1.165) is 50.5 Å². The van der Waals surface area contributed by atoms with Gasteiger partial charge in [-0.15, -0.1) is 0 Å². The third kappa shape index (κ3) is 5.46. The molecule has 0 aliphatic carbocycles. The third-order valence-corrected chi connectivity index (χ3v) is 4.41. The molecule has 1 aliphatic rings. The van der Waals surface area contributed by atoms with Gasteiger partial charge in [-0.2, -0.15) is 0 Å². The molecule has 0 spiro atoms. The van der Waals surface area contributed by atoms with Crippen LogP contribution in [0.2, 0.25) is 0 Å². The average molecular weight is 276 g/mol. The number of rotatable bonds is 7. The van der Waals surface area contributed by atoms with E-state index in [2.05, 4.69) is 17.1 Å². The van der Waals surface area contributed by atoms with Crippen molar-refractivity contribution in [2.45, 2.75) is 25.8 Å². The summed E-state index contributed by atoms with van der Waals surface area (Å²) in [6.45, 7) is 5.49. The second-order valence-corrected chi connectivity index (χ2v) is 6.20. The highest BCUT2D eigenvalue weighted by Gasteiger charge is 2.21. The minimum absolute atomic E-state index is 0.191. The van der Waals surface area contributed by atoms with Crippen molar-refractivity contribution in [2.75, 3.05) is 44.8 Å². The number of ether oxygens (including phenoxy) is 1. The van der Waals surface area contributed by atoms with E-state index in [4.69, 9.17) is 4.74 Å². The number of methoxy groups -OCH3 is 1. The van der Waals surface area contributed by atoms with Crippen LogP contribution in [-0.2, 0) is 20.3 Å². The van der Waals surface area contributed by atoms with E-state index >= 15 is 0 Å². The molecule has 1 atom stereocenters. The zero-order valence-electron chi connectivity index (χ0n) is 11.3. The summed E-state index contributed by atoms with van der Waals surface area (Å²) in [7, 11) is 0.784. The Labute approximate surface area is 112 Å². The molecule has 0 bridgehead atoms. The molecule has 0 aromatic rings. The van der Waals surface area contributed by atoms with E-state index in [1.54, 1.807) is 0 Å². The van der Waals surface area contributed by atoms with E-state index in [1.165, 1.54) is 7.11 Å². The summed E-state index contributed by atoms with van der Waals surface area (Å²) in [6, 6.07) is -0.220. The van der Waals surface area contributed by atoms with Crippen molar-refractivity contribution in [3.8, 4) is 0 Å². The Morgan fingerprint density at radius 2 is 2.11 bits per heavy atom. The Bertz CT molecular complexity index is 276. The Morgan fingerprint density at radius 3 is 2.67 bits per heavy atom. The van der Waals surface area contributed by atoms with Crippen LogP contribution in [0.3, 0.4) is 0 Å². The molecule has 0 radical (unpaired) electrons. The molecule has 1 fully saturated rings. The van der Waals surface area contributed by atoms with Crippen molar-refractivity contribution in [1.29, 1.82) is 0 Å². The monoisotopic (exact) mass is 276 g/mol. The fraction of sp³-hybridized carbons (Fsp3) is 0.917. The lowest BCUT2D eigenvalue weighted by atomic mass is 10.2. The molecule has 5 nitrogen and oxygen atoms in total. The number of hydrogen-bond donors (Lipinski definition) is 1. The van der Waals surface area contributed by atoms with Crippen LogP contribution in [0.25, 0.3) is 0 Å². The zero-order valence-corrected chi connectivity index (χ0v) is 12.1. The minimum atomic E-state index is -0.639. The van der Waals surface area contributed by atoms with Gasteiger partial charge in [0.2, 0.25) is 0 Å². The molecular weight excluding hydrogens is 252 g/mol. The highest BCUT2D eigenvalue weighted by atomic mass is 32.2. The van der Waals surface area contributed by atoms with Gasteiger partial charge in [0.05, 0.1) is 7.11 Å². The molecule has 1 unspecified atom stereocenters. The van der Waals surface area contributed by atoms with Crippen molar-refractivity contribution >= 4 is 16.8 Å². The molecule has 0 aromatic heterocycles. The third-order valence-electron chi connectivity index (χ3n) is 3.13. The Balaban J connectivity index is 2.31. The number of carbonyl (C=O) groups is 1. The van der Waals surface area contributed by atoms with Crippen molar-refractivity contribution in [2.24, 2.45) is 0 Å². The van der Waals surface area contributed by atoms with Crippen molar-refractivity contribution in [1.82, 2.24) is 10.2 Å². The molecule has 18 heavy (non-hydrogen) atoms. The smallest absolute Gasteiger partial charge is 0.322 e. The summed E-state index contributed by atoms with van der Waals surface area (Å²) in [5.74, 6) is 1.32. The maximum atomic E-state index is 11.6. The number of esters is 1. The summed E-state index contributed by atoms with van der Waals surface area (Å²) < 4.78 is 16.0. The number of nitrogens with one attached hydrogen (secondary N) is 1. The normalized spacial score (nSPS) is 19.7. The summed E-state index contributed by atoms with van der Waals surface area (Å²) in [5.41, 5.74) is 0. The van der Waals surface area contributed by atoms with Crippen molar-refractivity contribution in [3.05, 3.63) is 0 Å². The van der Waals surface area contributed by atoms with E-state index in [9.17, 15) is 9.00 Å². The Kier molecular flexibility index (Phi) is 7.46. The quantitative estimate of drug-likeness (QED) is 0.662. The van der Waals surface area contributed by atoms with Gasteiger partial charge in [-0.3, -0.25) is 9.00 Å². The van der Waals surface area contributed by atoms with Crippen LogP contribution < -0.4 is 5.32 Å². The van der Waals surface area contributed by atoms with E-state index in [-0.39, 0.29) is 12.0 Å². The van der Waals surface area contributed by atoms with E-state index in [1.807, 2.05) is 0 Å². The average Bonchev–Trinajstić information content (AvgIpc) is 2.40. The second-order valence-electron chi connectivity index (χ2n) is 4.51. The lowest BCUT2D eigenvalue weighted by Gasteiger charge is -2.27. The SMILES string of the molecule is CCCNC(CCN1CCS(=O)CC1)C(=O)OC. The molecule has 0 aromatic carbocycles. The second kappa shape index (κ2) is 8.61. The van der Waals surface area contributed by atoms with Crippen molar-refractivity contribution in [3.63, 3.8) is 0 Å². The minimum Gasteiger partial charge on any atom is -0.468 e. The summed E-state index contributed by atoms with van der Waals surface area (Å²) in [5, 5.41) is 3.21. The van der Waals surface area contributed by atoms with Crippen LogP contribution in [0.4, 0.5) is 0 Å². The first-order chi connectivity index (χ1) is 8.67. The lowest BCUT2D eigenvalue weighted by Crippen LogP contribution is -2.44. The molecule has 106 valence electrons. The highest BCUT2D eigenvalue weighted by molar-refractivity contribution is 7.85. The first-order valence-corrected chi connectivity index (χ1v) is 8.04. The maximum absolute atomic E-state index is 11.6. The highest BCUT2D eigenvalue weighted by Crippen LogP contribution is 2.04. The van der Waals surface area contributed by atoms with Crippen LogP contribution in [-0.4, -0.2) is 65.9 Å². The first kappa shape index (κ1) is 15.6. The summed E-state index contributed by atoms with van der Waals surface area (Å²) in [4.78, 5) is 13.9. The Hall–Kier alpha value is -0.460. The molecule has 1 rings (SSSR count). The van der Waals surface area contributed by atoms with E-state index < -0.39 is 10.8 Å². The van der Waals surface area contributed by atoms with E-state index in [0.29, 0.717) is 0 Å². The molecule has 0 amide bonds. The zero-order chi connectivity index (χ0) is 13.4. The van der Waals surface area contributed by atoms with Crippen LogP contribution in [0.5, 0.6) is 0 Å². The summed E-state index contributed by atoms with van der Waals surface area (Å²) >= 11 is 0. The molecule has 1 heterocycles. The lowest BCUT2D eigenvalue weighted by molar-refractivity contribution is -0.143. The predicted octanol–water partition coefficient (Wildman–Crippen LogP) is -0.0180. The number of hydrogen-bond acceptors (Lipinski definition) is 5. The molecule has 1 aliphatic heterocycles. The standard InChI is InChI=1S/C12H24N2O3S/c1-3-5-13-11(12(15)17-2)4-6-14-7-9-18(16)10-8-14/h11,13H,3-10H2,1-2H3. The number of nitrogens with zero attached hydrogens (tertiary/aromatic N) is 1. The molecular formula is C12H24N2O3S. The fourth-order valence-electron chi connectivity index (χ4n) is 1.98. The van der Waals surface area contributed by atoms with Crippen LogP contribution >= 0.6 is 0 Å². The van der Waals surface area contributed by atoms with Crippen LogP contribution in [0.15, 0.2) is 0 Å². The molecule has 1 N–H and O–H groups in total.